The Hall–Kier alpha value is -1.95. The summed E-state index contributed by atoms with van der Waals surface area (Å²) < 4.78 is 5.31. The van der Waals surface area contributed by atoms with Gasteiger partial charge in [0.25, 0.3) is 0 Å². The third-order valence-electron chi connectivity index (χ3n) is 9.15. The second-order valence-electron chi connectivity index (χ2n) is 9.23. The second kappa shape index (κ2) is 3.84. The van der Waals surface area contributed by atoms with Crippen molar-refractivity contribution in [3.05, 3.63) is 24.0 Å². The fourth-order valence-corrected chi connectivity index (χ4v) is 8.26. The van der Waals surface area contributed by atoms with Crippen LogP contribution >= 0.6 is 0 Å². The number of aryl methyl sites for hydroxylation is 1. The Labute approximate surface area is 151 Å². The molecular formula is C20H21N3O3. The van der Waals surface area contributed by atoms with Crippen molar-refractivity contribution in [3.63, 3.8) is 0 Å². The van der Waals surface area contributed by atoms with Crippen LogP contribution in [0.3, 0.4) is 0 Å². The maximum absolute atomic E-state index is 13.1. The lowest BCUT2D eigenvalue weighted by Gasteiger charge is -3.09. The van der Waals surface area contributed by atoms with Crippen molar-refractivity contribution in [2.75, 3.05) is 25.5 Å². The van der Waals surface area contributed by atoms with Gasteiger partial charge in [0, 0.05) is 26.4 Å². The number of nitrogens with zero attached hydrogens (tertiary/aromatic N) is 2. The van der Waals surface area contributed by atoms with Crippen molar-refractivity contribution in [2.24, 2.45) is 46.3 Å². The standard InChI is InChI=1S/C20H21N3O3/c1-8-3-4-21-5-10(8)22-17(24)19-11-14-12(19)16-13(19)15(11)20(14,16)18(25)23-6-9(7-23)26-2/h3-5,9,11-16H,6-7H2,1-2H3,(H,22,24). The molecule has 0 aromatic carbocycles. The molecule has 1 N–H and O–H groups in total. The number of carbonyl (C=O) groups excluding carboxylic acids is 2. The Bertz CT molecular complexity index is 852. The first-order valence-electron chi connectivity index (χ1n) is 9.63. The van der Waals surface area contributed by atoms with E-state index in [1.807, 2.05) is 17.9 Å². The van der Waals surface area contributed by atoms with Crippen molar-refractivity contribution in [3.8, 4) is 0 Å². The molecule has 0 unspecified atom stereocenters. The van der Waals surface area contributed by atoms with Crippen LogP contribution in [0.5, 0.6) is 0 Å². The average Bonchev–Trinajstić information content (AvgIpc) is 2.62. The zero-order valence-corrected chi connectivity index (χ0v) is 14.8. The van der Waals surface area contributed by atoms with E-state index in [1.54, 1.807) is 19.5 Å². The molecule has 0 bridgehead atoms. The summed E-state index contributed by atoms with van der Waals surface area (Å²) in [6.45, 7) is 3.48. The first-order chi connectivity index (χ1) is 12.6. The van der Waals surface area contributed by atoms with Crippen LogP contribution in [0.2, 0.25) is 0 Å². The highest BCUT2D eigenvalue weighted by atomic mass is 16.5. The number of nitrogens with one attached hydrogen (secondary N) is 1. The minimum Gasteiger partial charge on any atom is -0.378 e. The van der Waals surface area contributed by atoms with Gasteiger partial charge >= 0.3 is 0 Å². The Morgan fingerprint density at radius 2 is 1.77 bits per heavy atom. The van der Waals surface area contributed by atoms with E-state index in [1.165, 1.54) is 0 Å². The molecule has 0 spiro atoms. The lowest BCUT2D eigenvalue weighted by atomic mass is 8.92. The average molecular weight is 351 g/mol. The summed E-state index contributed by atoms with van der Waals surface area (Å²) in [5, 5.41) is 3.13. The Kier molecular flexibility index (Phi) is 2.09. The monoisotopic (exact) mass is 351 g/mol. The third kappa shape index (κ3) is 0.996. The molecule has 1 aromatic heterocycles. The highest BCUT2D eigenvalue weighted by Gasteiger charge is 3.13. The van der Waals surface area contributed by atoms with Crippen LogP contribution in [0.4, 0.5) is 5.69 Å². The van der Waals surface area contributed by atoms with Crippen LogP contribution in [-0.2, 0) is 14.3 Å². The number of aromatic nitrogens is 1. The molecule has 1 saturated heterocycles. The van der Waals surface area contributed by atoms with Gasteiger partial charge in [-0.25, -0.2) is 0 Å². The van der Waals surface area contributed by atoms with E-state index in [4.69, 9.17) is 4.74 Å². The van der Waals surface area contributed by atoms with Crippen LogP contribution in [0.15, 0.2) is 18.5 Å². The first-order valence-corrected chi connectivity index (χ1v) is 9.63. The third-order valence-corrected chi connectivity index (χ3v) is 9.15. The molecule has 7 aliphatic rings. The van der Waals surface area contributed by atoms with Gasteiger partial charge in [-0.15, -0.1) is 0 Å². The Morgan fingerprint density at radius 1 is 1.15 bits per heavy atom. The quantitative estimate of drug-likeness (QED) is 0.876. The highest BCUT2D eigenvalue weighted by molar-refractivity contribution is 6.05. The van der Waals surface area contributed by atoms with Crippen LogP contribution in [0.25, 0.3) is 0 Å². The molecule has 0 radical (unpaired) electrons. The zero-order valence-electron chi connectivity index (χ0n) is 14.8. The summed E-state index contributed by atoms with van der Waals surface area (Å²) in [6.07, 6.45) is 3.69. The number of anilines is 1. The number of carbonyl (C=O) groups is 2. The van der Waals surface area contributed by atoms with Gasteiger partial charge in [-0.2, -0.15) is 0 Å². The van der Waals surface area contributed by atoms with Gasteiger partial charge in [0.15, 0.2) is 0 Å². The summed E-state index contributed by atoms with van der Waals surface area (Å²) in [5.41, 5.74) is 1.66. The number of methoxy groups -OCH3 is 1. The fraction of sp³-hybridized carbons (Fsp3) is 0.650. The number of hydrogen-bond donors (Lipinski definition) is 1. The minimum atomic E-state index is -0.145. The molecule has 2 heterocycles. The molecule has 6 aliphatic carbocycles. The fourth-order valence-electron chi connectivity index (χ4n) is 8.26. The number of likely N-dealkylation sites (tertiary alicyclic amines) is 1. The van der Waals surface area contributed by atoms with E-state index in [-0.39, 0.29) is 22.8 Å². The van der Waals surface area contributed by atoms with E-state index < -0.39 is 0 Å². The molecule has 7 fully saturated rings. The summed E-state index contributed by atoms with van der Waals surface area (Å²) in [6, 6.07) is 1.92. The summed E-state index contributed by atoms with van der Waals surface area (Å²) in [5.74, 6) is 3.38. The molecule has 134 valence electrons. The van der Waals surface area contributed by atoms with Crippen molar-refractivity contribution >= 4 is 17.5 Å². The second-order valence-corrected chi connectivity index (χ2v) is 9.23. The predicted octanol–water partition coefficient (Wildman–Crippen LogP) is 0.924. The van der Waals surface area contributed by atoms with Crippen LogP contribution in [0, 0.1) is 53.3 Å². The molecule has 6 nitrogen and oxygen atoms in total. The van der Waals surface area contributed by atoms with Crippen LogP contribution in [-0.4, -0.2) is 48.0 Å². The maximum atomic E-state index is 13.1. The van der Waals surface area contributed by atoms with E-state index >= 15 is 0 Å². The molecular weight excluding hydrogens is 330 g/mol. The number of rotatable bonds is 4. The normalized spacial score (nSPS) is 50.2. The summed E-state index contributed by atoms with van der Waals surface area (Å²) >= 11 is 0. The van der Waals surface area contributed by atoms with Crippen molar-refractivity contribution in [2.45, 2.75) is 13.0 Å². The topological polar surface area (TPSA) is 71.5 Å². The SMILES string of the molecule is COC1CN(C(=O)C23C4C5C2C2C3C4C52C(=O)Nc2cnccc2C)C1. The Morgan fingerprint density at radius 3 is 2.35 bits per heavy atom. The number of ether oxygens (including phenoxy) is 1. The van der Waals surface area contributed by atoms with Gasteiger partial charge in [0.05, 0.1) is 28.8 Å². The Balaban J connectivity index is 1.10. The molecule has 0 atom stereocenters. The smallest absolute Gasteiger partial charge is 0.231 e. The van der Waals surface area contributed by atoms with E-state index in [0.717, 1.165) is 24.3 Å². The van der Waals surface area contributed by atoms with Crippen molar-refractivity contribution in [1.29, 1.82) is 0 Å². The largest absolute Gasteiger partial charge is 0.378 e. The molecule has 8 rings (SSSR count). The number of amides is 2. The molecule has 6 saturated carbocycles. The maximum Gasteiger partial charge on any atom is 0.231 e. The van der Waals surface area contributed by atoms with E-state index in [2.05, 4.69) is 10.3 Å². The highest BCUT2D eigenvalue weighted by Crippen LogP contribution is 3.10. The summed E-state index contributed by atoms with van der Waals surface area (Å²) in [7, 11) is 1.71. The number of hydrogen-bond acceptors (Lipinski definition) is 4. The van der Waals surface area contributed by atoms with Gasteiger partial charge in [-0.05, 0) is 54.1 Å². The van der Waals surface area contributed by atoms with Crippen molar-refractivity contribution in [1.82, 2.24) is 9.88 Å². The number of pyridine rings is 1. The molecule has 1 aromatic rings. The first kappa shape index (κ1) is 14.2. The lowest BCUT2D eigenvalue weighted by molar-refractivity contribution is -0.624. The zero-order chi connectivity index (χ0) is 17.6. The van der Waals surface area contributed by atoms with Crippen LogP contribution < -0.4 is 5.32 Å². The summed E-state index contributed by atoms with van der Waals surface area (Å²) in [4.78, 5) is 32.2. The minimum absolute atomic E-state index is 0.0645. The van der Waals surface area contributed by atoms with E-state index in [0.29, 0.717) is 41.4 Å². The van der Waals surface area contributed by atoms with Gasteiger partial charge in [-0.3, -0.25) is 14.6 Å². The van der Waals surface area contributed by atoms with Crippen LogP contribution in [0.1, 0.15) is 5.56 Å². The van der Waals surface area contributed by atoms with Crippen molar-refractivity contribution < 1.29 is 14.3 Å². The predicted molar refractivity (Wildman–Crippen MR) is 90.8 cm³/mol. The lowest BCUT2D eigenvalue weighted by Crippen LogP contribution is -3.12. The van der Waals surface area contributed by atoms with Gasteiger partial charge < -0.3 is 15.0 Å². The van der Waals surface area contributed by atoms with E-state index in [9.17, 15) is 9.59 Å². The van der Waals surface area contributed by atoms with Gasteiger partial charge in [0.2, 0.25) is 11.8 Å². The molecule has 1 aliphatic heterocycles. The molecule has 6 heteroatoms. The molecule has 26 heavy (non-hydrogen) atoms. The van der Waals surface area contributed by atoms with Gasteiger partial charge in [0.1, 0.15) is 0 Å². The van der Waals surface area contributed by atoms with Gasteiger partial charge in [-0.1, -0.05) is 0 Å². The molecule has 2 amide bonds.